The summed E-state index contributed by atoms with van der Waals surface area (Å²) in [5.74, 6) is -1.75. The molecule has 0 fully saturated rings. The highest BCUT2D eigenvalue weighted by atomic mass is 32.2. The highest BCUT2D eigenvalue weighted by Gasteiger charge is 2.26. The lowest BCUT2D eigenvalue weighted by atomic mass is 10.2. The number of hydrogen-bond donors (Lipinski definition) is 1. The zero-order valence-electron chi connectivity index (χ0n) is 11.3. The van der Waals surface area contributed by atoms with E-state index in [9.17, 15) is 13.2 Å². The number of hydrogen-bond acceptors (Lipinski definition) is 3. The van der Waals surface area contributed by atoms with Gasteiger partial charge in [-0.2, -0.15) is 0 Å². The van der Waals surface area contributed by atoms with Crippen molar-refractivity contribution in [2.24, 2.45) is 5.92 Å². The van der Waals surface area contributed by atoms with E-state index in [1.54, 1.807) is 24.3 Å². The number of sulfonamides is 1. The van der Waals surface area contributed by atoms with E-state index in [2.05, 4.69) is 0 Å². The van der Waals surface area contributed by atoms with E-state index in [0.717, 1.165) is 9.87 Å². The molecule has 5 nitrogen and oxygen atoms in total. The fourth-order valence-corrected chi connectivity index (χ4v) is 3.33. The smallest absolute Gasteiger partial charge is 0.307 e. The maximum atomic E-state index is 12.4. The van der Waals surface area contributed by atoms with Gasteiger partial charge in [-0.3, -0.25) is 4.79 Å². The normalized spacial score (nSPS) is 13.5. The summed E-state index contributed by atoms with van der Waals surface area (Å²) in [6, 6.07) is 6.77. The Morgan fingerprint density at radius 3 is 2.47 bits per heavy atom. The lowest BCUT2D eigenvalue weighted by molar-refractivity contribution is -0.141. The maximum absolute atomic E-state index is 12.4. The van der Waals surface area contributed by atoms with Gasteiger partial charge in [0.1, 0.15) is 0 Å². The first-order valence-corrected chi connectivity index (χ1v) is 7.51. The molecule has 1 aromatic carbocycles. The second-order valence-corrected chi connectivity index (χ2v) is 6.50. The molecule has 1 atom stereocenters. The summed E-state index contributed by atoms with van der Waals surface area (Å²) in [7, 11) is -2.24. The van der Waals surface area contributed by atoms with Crippen LogP contribution in [0.3, 0.4) is 0 Å². The van der Waals surface area contributed by atoms with Gasteiger partial charge in [0.05, 0.1) is 10.8 Å². The van der Waals surface area contributed by atoms with Crippen molar-refractivity contribution in [1.82, 2.24) is 4.31 Å². The van der Waals surface area contributed by atoms with E-state index in [-0.39, 0.29) is 11.4 Å². The average molecular weight is 285 g/mol. The van der Waals surface area contributed by atoms with Gasteiger partial charge in [0.15, 0.2) is 0 Å². The first kappa shape index (κ1) is 15.7. The van der Waals surface area contributed by atoms with Crippen LogP contribution in [0.4, 0.5) is 0 Å². The maximum Gasteiger partial charge on any atom is 0.307 e. The van der Waals surface area contributed by atoms with Gasteiger partial charge in [0, 0.05) is 13.6 Å². The monoisotopic (exact) mass is 285 g/mol. The molecule has 1 unspecified atom stereocenters. The summed E-state index contributed by atoms with van der Waals surface area (Å²) in [6.07, 6.45) is 0.609. The fraction of sp³-hybridized carbons (Fsp3) is 0.462. The number of nitrogens with zero attached hydrogens (tertiary/aromatic N) is 1. The van der Waals surface area contributed by atoms with Crippen LogP contribution in [0.2, 0.25) is 0 Å². The van der Waals surface area contributed by atoms with E-state index >= 15 is 0 Å². The van der Waals surface area contributed by atoms with Gasteiger partial charge >= 0.3 is 5.97 Å². The van der Waals surface area contributed by atoms with Crippen LogP contribution in [0.25, 0.3) is 0 Å². The van der Waals surface area contributed by atoms with Crippen molar-refractivity contribution in [2.45, 2.75) is 25.2 Å². The van der Waals surface area contributed by atoms with Gasteiger partial charge in [-0.1, -0.05) is 32.0 Å². The van der Waals surface area contributed by atoms with Crippen LogP contribution >= 0.6 is 0 Å². The molecule has 0 saturated heterocycles. The zero-order valence-corrected chi connectivity index (χ0v) is 12.1. The molecule has 19 heavy (non-hydrogen) atoms. The van der Waals surface area contributed by atoms with Crippen LogP contribution in [-0.4, -0.2) is 37.4 Å². The van der Waals surface area contributed by atoms with Crippen LogP contribution in [0, 0.1) is 5.92 Å². The summed E-state index contributed by atoms with van der Waals surface area (Å²) in [6.45, 7) is 3.32. The molecule has 0 heterocycles. The molecule has 0 bridgehead atoms. The van der Waals surface area contributed by atoms with Crippen molar-refractivity contribution in [2.75, 3.05) is 13.6 Å². The summed E-state index contributed by atoms with van der Waals surface area (Å²) in [5, 5.41) is 8.85. The van der Waals surface area contributed by atoms with Gasteiger partial charge in [0.2, 0.25) is 10.0 Å². The molecule has 1 rings (SSSR count). The Hall–Kier alpha value is -1.40. The third-order valence-corrected chi connectivity index (χ3v) is 4.92. The molecule has 0 radical (unpaired) electrons. The molecule has 0 aliphatic heterocycles. The van der Waals surface area contributed by atoms with Gasteiger partial charge in [0.25, 0.3) is 0 Å². The van der Waals surface area contributed by atoms with Crippen LogP contribution < -0.4 is 0 Å². The Labute approximate surface area is 113 Å². The van der Waals surface area contributed by atoms with Crippen molar-refractivity contribution in [3.63, 3.8) is 0 Å². The Morgan fingerprint density at radius 2 is 1.95 bits per heavy atom. The average Bonchev–Trinajstić information content (AvgIpc) is 2.38. The lowest BCUT2D eigenvalue weighted by Gasteiger charge is -2.20. The van der Waals surface area contributed by atoms with Crippen molar-refractivity contribution >= 4 is 16.0 Å². The van der Waals surface area contributed by atoms with Gasteiger partial charge in [-0.15, -0.1) is 0 Å². The quantitative estimate of drug-likeness (QED) is 0.861. The minimum atomic E-state index is -3.64. The molecule has 0 saturated carbocycles. The second kappa shape index (κ2) is 6.16. The number of carbonyl (C=O) groups is 1. The molecule has 0 spiro atoms. The minimum absolute atomic E-state index is 0.0459. The van der Waals surface area contributed by atoms with Crippen LogP contribution in [0.1, 0.15) is 19.4 Å². The largest absolute Gasteiger partial charge is 0.481 e. The highest BCUT2D eigenvalue weighted by molar-refractivity contribution is 7.89. The van der Waals surface area contributed by atoms with E-state index < -0.39 is 21.9 Å². The van der Waals surface area contributed by atoms with Crippen LogP contribution in [0.15, 0.2) is 29.2 Å². The summed E-state index contributed by atoms with van der Waals surface area (Å²) in [4.78, 5) is 11.0. The summed E-state index contributed by atoms with van der Waals surface area (Å²) < 4.78 is 25.9. The number of carboxylic acids is 1. The number of aliphatic carboxylic acids is 1. The predicted molar refractivity (Wildman–Crippen MR) is 72.4 cm³/mol. The van der Waals surface area contributed by atoms with Crippen molar-refractivity contribution in [3.05, 3.63) is 29.8 Å². The van der Waals surface area contributed by atoms with Crippen LogP contribution in [-0.2, 0) is 21.2 Å². The molecule has 1 N–H and O–H groups in total. The molecule has 0 aromatic heterocycles. The lowest BCUT2D eigenvalue weighted by Crippen LogP contribution is -2.34. The topological polar surface area (TPSA) is 74.7 Å². The van der Waals surface area contributed by atoms with Crippen LogP contribution in [0.5, 0.6) is 0 Å². The Kier molecular flexibility index (Phi) is 5.08. The van der Waals surface area contributed by atoms with Gasteiger partial charge in [-0.25, -0.2) is 12.7 Å². The molecular formula is C13H19NO4S. The molecule has 0 amide bonds. The Balaban J connectivity index is 3.06. The summed E-state index contributed by atoms with van der Waals surface area (Å²) >= 11 is 0. The third kappa shape index (κ3) is 3.54. The summed E-state index contributed by atoms with van der Waals surface area (Å²) in [5.41, 5.74) is 0.734. The highest BCUT2D eigenvalue weighted by Crippen LogP contribution is 2.20. The molecule has 0 aliphatic carbocycles. The first-order valence-electron chi connectivity index (χ1n) is 6.07. The molecule has 0 aliphatic rings. The predicted octanol–water partition coefficient (Wildman–Crippen LogP) is 1.59. The van der Waals surface area contributed by atoms with E-state index in [1.807, 2.05) is 6.92 Å². The molecule has 6 heteroatoms. The van der Waals surface area contributed by atoms with Crippen molar-refractivity contribution in [1.29, 1.82) is 0 Å². The van der Waals surface area contributed by atoms with Crippen molar-refractivity contribution in [3.8, 4) is 0 Å². The first-order chi connectivity index (χ1) is 8.80. The number of carboxylic acid groups (broad SMARTS) is 1. The zero-order chi connectivity index (χ0) is 14.6. The standard InChI is InChI=1S/C13H19NO4S/c1-4-11-7-5-6-8-12(11)19(17,18)14(3)9-10(2)13(15)16/h5-8,10H,4,9H2,1-3H3,(H,15,16). The molecular weight excluding hydrogens is 266 g/mol. The van der Waals surface area contributed by atoms with E-state index in [0.29, 0.717) is 6.42 Å². The van der Waals surface area contributed by atoms with E-state index in [1.165, 1.54) is 14.0 Å². The minimum Gasteiger partial charge on any atom is -0.481 e. The SMILES string of the molecule is CCc1ccccc1S(=O)(=O)N(C)CC(C)C(=O)O. The Morgan fingerprint density at radius 1 is 1.37 bits per heavy atom. The number of benzene rings is 1. The van der Waals surface area contributed by atoms with Gasteiger partial charge in [-0.05, 0) is 18.1 Å². The third-order valence-electron chi connectivity index (χ3n) is 2.99. The van der Waals surface area contributed by atoms with Gasteiger partial charge < -0.3 is 5.11 Å². The van der Waals surface area contributed by atoms with E-state index in [4.69, 9.17) is 5.11 Å². The molecule has 106 valence electrons. The Bertz CT molecular complexity index is 554. The molecule has 1 aromatic rings. The second-order valence-electron chi connectivity index (χ2n) is 4.49. The number of rotatable bonds is 6. The van der Waals surface area contributed by atoms with Crippen molar-refractivity contribution < 1.29 is 18.3 Å². The fourth-order valence-electron chi connectivity index (χ4n) is 1.78. The number of aryl methyl sites for hydroxylation is 1.